The number of nitro benzene ring substituents is 1. The highest BCUT2D eigenvalue weighted by molar-refractivity contribution is 5.69. The molecule has 0 fully saturated rings. The monoisotopic (exact) mass is 233 g/mol. The molecule has 6 nitrogen and oxygen atoms in total. The first-order valence-corrected chi connectivity index (χ1v) is 5.06. The van der Waals surface area contributed by atoms with Crippen molar-refractivity contribution in [1.82, 2.24) is 10.5 Å². The van der Waals surface area contributed by atoms with E-state index in [2.05, 4.69) is 10.5 Å². The molecule has 6 heteroatoms. The van der Waals surface area contributed by atoms with Crippen LogP contribution < -0.4 is 5.32 Å². The van der Waals surface area contributed by atoms with Crippen LogP contribution in [0.4, 0.5) is 5.69 Å². The highest BCUT2D eigenvalue weighted by atomic mass is 16.6. The maximum absolute atomic E-state index is 10.9. The fourth-order valence-electron chi connectivity index (χ4n) is 1.54. The van der Waals surface area contributed by atoms with Crippen LogP contribution in [0.25, 0.3) is 11.3 Å². The second-order valence-corrected chi connectivity index (χ2v) is 3.49. The normalized spacial score (nSPS) is 10.4. The van der Waals surface area contributed by atoms with Crippen LogP contribution in [0.3, 0.4) is 0 Å². The Labute approximate surface area is 97.4 Å². The van der Waals surface area contributed by atoms with Gasteiger partial charge in [0, 0.05) is 18.7 Å². The molecule has 0 aliphatic rings. The molecule has 0 atom stereocenters. The summed E-state index contributed by atoms with van der Waals surface area (Å²) in [5.74, 6) is 0.405. The second-order valence-electron chi connectivity index (χ2n) is 3.49. The third-order valence-electron chi connectivity index (χ3n) is 2.28. The van der Waals surface area contributed by atoms with Crippen LogP contribution in [0, 0.1) is 10.1 Å². The van der Waals surface area contributed by atoms with Crippen LogP contribution in [0.1, 0.15) is 5.69 Å². The average Bonchev–Trinajstić information content (AvgIpc) is 2.78. The molecular weight excluding hydrogens is 222 g/mol. The zero-order chi connectivity index (χ0) is 12.3. The molecular formula is C11H11N3O3. The summed E-state index contributed by atoms with van der Waals surface area (Å²) in [6.45, 7) is 0.560. The summed E-state index contributed by atoms with van der Waals surface area (Å²) in [4.78, 5) is 10.4. The first-order valence-electron chi connectivity index (χ1n) is 5.06. The Morgan fingerprint density at radius 1 is 1.47 bits per heavy atom. The van der Waals surface area contributed by atoms with E-state index in [0.717, 1.165) is 0 Å². The maximum Gasteiger partial charge on any atom is 0.280 e. The van der Waals surface area contributed by atoms with E-state index in [4.69, 9.17) is 4.52 Å². The van der Waals surface area contributed by atoms with Crippen molar-refractivity contribution in [2.75, 3.05) is 7.05 Å². The van der Waals surface area contributed by atoms with Gasteiger partial charge in [-0.3, -0.25) is 10.1 Å². The van der Waals surface area contributed by atoms with Gasteiger partial charge in [0.05, 0.1) is 16.2 Å². The topological polar surface area (TPSA) is 81.2 Å². The van der Waals surface area contributed by atoms with E-state index >= 15 is 0 Å². The van der Waals surface area contributed by atoms with Crippen LogP contribution >= 0.6 is 0 Å². The molecule has 0 saturated carbocycles. The largest absolute Gasteiger partial charge is 0.356 e. The lowest BCUT2D eigenvalue weighted by atomic mass is 10.1. The zero-order valence-corrected chi connectivity index (χ0v) is 9.21. The lowest BCUT2D eigenvalue weighted by Gasteiger charge is -1.96. The minimum absolute atomic E-state index is 0.0136. The highest BCUT2D eigenvalue weighted by Gasteiger charge is 2.17. The van der Waals surface area contributed by atoms with Crippen molar-refractivity contribution in [1.29, 1.82) is 0 Å². The van der Waals surface area contributed by atoms with Crippen LogP contribution in [0.15, 0.2) is 34.9 Å². The van der Waals surface area contributed by atoms with Crippen molar-refractivity contribution in [2.24, 2.45) is 0 Å². The van der Waals surface area contributed by atoms with Gasteiger partial charge in [-0.25, -0.2) is 0 Å². The molecule has 88 valence electrons. The van der Waals surface area contributed by atoms with Gasteiger partial charge in [-0.05, 0) is 13.1 Å². The van der Waals surface area contributed by atoms with Gasteiger partial charge >= 0.3 is 0 Å². The van der Waals surface area contributed by atoms with E-state index in [1.807, 2.05) is 0 Å². The summed E-state index contributed by atoms with van der Waals surface area (Å²) in [6.07, 6.45) is 0. The Morgan fingerprint density at radius 2 is 2.24 bits per heavy atom. The minimum atomic E-state index is -0.435. The zero-order valence-electron chi connectivity index (χ0n) is 9.21. The summed E-state index contributed by atoms with van der Waals surface area (Å²) in [6, 6.07) is 8.12. The molecule has 1 aromatic carbocycles. The van der Waals surface area contributed by atoms with Gasteiger partial charge in [0.25, 0.3) is 5.69 Å². The van der Waals surface area contributed by atoms with Crippen LogP contribution in [-0.2, 0) is 6.54 Å². The van der Waals surface area contributed by atoms with E-state index < -0.39 is 4.92 Å². The van der Waals surface area contributed by atoms with Crippen molar-refractivity contribution in [3.63, 3.8) is 0 Å². The number of para-hydroxylation sites is 1. The molecule has 2 rings (SSSR count). The number of aromatic nitrogens is 1. The van der Waals surface area contributed by atoms with Crippen molar-refractivity contribution in [3.05, 3.63) is 46.1 Å². The van der Waals surface area contributed by atoms with E-state index in [9.17, 15) is 10.1 Å². The molecule has 1 heterocycles. The van der Waals surface area contributed by atoms with Gasteiger partial charge in [0.2, 0.25) is 0 Å². The van der Waals surface area contributed by atoms with Crippen molar-refractivity contribution >= 4 is 5.69 Å². The number of nitrogens with one attached hydrogen (secondary N) is 1. The van der Waals surface area contributed by atoms with E-state index in [-0.39, 0.29) is 5.69 Å². The molecule has 1 aromatic heterocycles. The van der Waals surface area contributed by atoms with E-state index in [1.54, 1.807) is 31.3 Å². The number of rotatable bonds is 4. The quantitative estimate of drug-likeness (QED) is 0.645. The van der Waals surface area contributed by atoms with Crippen LogP contribution in [0.2, 0.25) is 0 Å². The molecule has 1 N–H and O–H groups in total. The molecule has 2 aromatic rings. The van der Waals surface area contributed by atoms with Gasteiger partial charge in [-0.15, -0.1) is 0 Å². The van der Waals surface area contributed by atoms with Crippen LogP contribution in [0.5, 0.6) is 0 Å². The standard InChI is InChI=1S/C11H11N3O3/c1-12-7-8-6-11(17-13-8)9-4-2-3-5-10(9)14(15)16/h2-6,12H,7H2,1H3. The lowest BCUT2D eigenvalue weighted by Crippen LogP contribution is -2.04. The van der Waals surface area contributed by atoms with Crippen molar-refractivity contribution in [3.8, 4) is 11.3 Å². The van der Waals surface area contributed by atoms with E-state index in [0.29, 0.717) is 23.6 Å². The molecule has 0 spiro atoms. The Morgan fingerprint density at radius 3 is 2.94 bits per heavy atom. The molecule has 0 radical (unpaired) electrons. The Balaban J connectivity index is 2.41. The third kappa shape index (κ3) is 2.31. The van der Waals surface area contributed by atoms with Crippen molar-refractivity contribution in [2.45, 2.75) is 6.54 Å². The Bertz CT molecular complexity index is 536. The SMILES string of the molecule is CNCc1cc(-c2ccccc2[N+](=O)[O-])on1. The number of nitro groups is 1. The smallest absolute Gasteiger partial charge is 0.280 e. The maximum atomic E-state index is 10.9. The van der Waals surface area contributed by atoms with Gasteiger partial charge < -0.3 is 9.84 Å². The predicted molar refractivity (Wildman–Crippen MR) is 61.4 cm³/mol. The molecule has 0 bridgehead atoms. The molecule has 17 heavy (non-hydrogen) atoms. The minimum Gasteiger partial charge on any atom is -0.356 e. The number of hydrogen-bond acceptors (Lipinski definition) is 5. The van der Waals surface area contributed by atoms with Gasteiger partial charge in [0.1, 0.15) is 0 Å². The first-order chi connectivity index (χ1) is 8.22. The molecule has 0 unspecified atom stereocenters. The molecule has 0 saturated heterocycles. The molecule has 0 aliphatic heterocycles. The number of nitrogens with zero attached hydrogens (tertiary/aromatic N) is 2. The second kappa shape index (κ2) is 4.75. The van der Waals surface area contributed by atoms with Gasteiger partial charge in [0.15, 0.2) is 5.76 Å². The first kappa shape index (κ1) is 11.3. The van der Waals surface area contributed by atoms with Gasteiger partial charge in [-0.2, -0.15) is 0 Å². The summed E-state index contributed by atoms with van der Waals surface area (Å²) < 4.78 is 5.10. The highest BCUT2D eigenvalue weighted by Crippen LogP contribution is 2.29. The molecule has 0 aliphatic carbocycles. The van der Waals surface area contributed by atoms with Crippen molar-refractivity contribution < 1.29 is 9.45 Å². The fraction of sp³-hybridized carbons (Fsp3) is 0.182. The summed E-state index contributed by atoms with van der Waals surface area (Å²) in [5, 5.41) is 17.6. The van der Waals surface area contributed by atoms with E-state index in [1.165, 1.54) is 6.07 Å². The van der Waals surface area contributed by atoms with Crippen LogP contribution in [-0.4, -0.2) is 17.1 Å². The number of benzene rings is 1. The Kier molecular flexibility index (Phi) is 3.15. The lowest BCUT2D eigenvalue weighted by molar-refractivity contribution is -0.384. The summed E-state index contributed by atoms with van der Waals surface area (Å²) in [7, 11) is 1.79. The average molecular weight is 233 g/mol. The predicted octanol–water partition coefficient (Wildman–Crippen LogP) is 1.97. The fourth-order valence-corrected chi connectivity index (χ4v) is 1.54. The Hall–Kier alpha value is -2.21. The summed E-state index contributed by atoms with van der Waals surface area (Å²) in [5.41, 5.74) is 1.16. The summed E-state index contributed by atoms with van der Waals surface area (Å²) >= 11 is 0. The third-order valence-corrected chi connectivity index (χ3v) is 2.28. The molecule has 0 amide bonds. The number of hydrogen-bond donors (Lipinski definition) is 1. The van der Waals surface area contributed by atoms with Gasteiger partial charge in [-0.1, -0.05) is 17.3 Å².